The van der Waals surface area contributed by atoms with Crippen LogP contribution in [-0.2, 0) is 6.42 Å². The van der Waals surface area contributed by atoms with Crippen LogP contribution in [0, 0.1) is 5.92 Å². The van der Waals surface area contributed by atoms with Crippen LogP contribution in [0.1, 0.15) is 56.7 Å². The van der Waals surface area contributed by atoms with Gasteiger partial charge < -0.3 is 9.63 Å². The van der Waals surface area contributed by atoms with E-state index in [4.69, 9.17) is 9.63 Å². The number of rotatable bonds is 5. The topological polar surface area (TPSA) is 59.2 Å². The van der Waals surface area contributed by atoms with Crippen molar-refractivity contribution in [1.82, 2.24) is 10.1 Å². The maximum atomic E-state index is 12.2. The molecule has 1 aliphatic rings. The Morgan fingerprint density at radius 1 is 1.42 bits per heavy atom. The van der Waals surface area contributed by atoms with Crippen molar-refractivity contribution in [3.05, 3.63) is 11.7 Å². The Balaban J connectivity index is 1.96. The van der Waals surface area contributed by atoms with Crippen molar-refractivity contribution < 1.29 is 18.4 Å². The third-order valence-electron chi connectivity index (χ3n) is 3.88. The van der Waals surface area contributed by atoms with Gasteiger partial charge in [0.1, 0.15) is 6.10 Å². The van der Waals surface area contributed by atoms with Crippen molar-refractivity contribution in [1.29, 1.82) is 0 Å². The number of alkyl halides is 2. The molecule has 4 nitrogen and oxygen atoms in total. The molecule has 0 spiro atoms. The smallest absolute Gasteiger partial charge is 0.264 e. The molecule has 1 aromatic heterocycles. The van der Waals surface area contributed by atoms with E-state index >= 15 is 0 Å². The van der Waals surface area contributed by atoms with Crippen LogP contribution in [0.4, 0.5) is 8.78 Å². The first-order valence-electron chi connectivity index (χ1n) is 6.88. The van der Waals surface area contributed by atoms with Gasteiger partial charge in [0.05, 0.1) is 6.42 Å². The van der Waals surface area contributed by atoms with E-state index in [1.54, 1.807) is 0 Å². The van der Waals surface area contributed by atoms with E-state index in [1.165, 1.54) is 6.42 Å². The summed E-state index contributed by atoms with van der Waals surface area (Å²) in [6.45, 7) is 2.17. The second kappa shape index (κ2) is 6.41. The van der Waals surface area contributed by atoms with E-state index in [0.717, 1.165) is 25.7 Å². The predicted molar refractivity (Wildman–Crippen MR) is 65.0 cm³/mol. The fourth-order valence-corrected chi connectivity index (χ4v) is 2.68. The molecule has 6 heteroatoms. The minimum absolute atomic E-state index is 0.0985. The van der Waals surface area contributed by atoms with Crippen molar-refractivity contribution in [3.63, 3.8) is 0 Å². The van der Waals surface area contributed by atoms with Crippen molar-refractivity contribution in [3.8, 4) is 0 Å². The fourth-order valence-electron chi connectivity index (χ4n) is 2.68. The Morgan fingerprint density at radius 2 is 2.21 bits per heavy atom. The molecule has 0 saturated heterocycles. The Labute approximate surface area is 111 Å². The van der Waals surface area contributed by atoms with E-state index in [0.29, 0.717) is 11.7 Å². The zero-order valence-corrected chi connectivity index (χ0v) is 11.1. The third kappa shape index (κ3) is 3.72. The van der Waals surface area contributed by atoms with Crippen LogP contribution in [0.25, 0.3) is 0 Å². The first-order valence-corrected chi connectivity index (χ1v) is 6.88. The number of aliphatic hydroxyl groups excluding tert-OH is 1. The third-order valence-corrected chi connectivity index (χ3v) is 3.88. The van der Waals surface area contributed by atoms with Crippen LogP contribution >= 0.6 is 0 Å². The average molecular weight is 274 g/mol. The average Bonchev–Trinajstić information content (AvgIpc) is 2.87. The summed E-state index contributed by atoms with van der Waals surface area (Å²) in [5.74, 6) is 1.66. The van der Waals surface area contributed by atoms with Gasteiger partial charge in [0.15, 0.2) is 5.82 Å². The van der Waals surface area contributed by atoms with E-state index in [2.05, 4.69) is 17.1 Å². The summed E-state index contributed by atoms with van der Waals surface area (Å²) >= 11 is 0. The first kappa shape index (κ1) is 14.4. The van der Waals surface area contributed by atoms with Crippen molar-refractivity contribution in [2.75, 3.05) is 0 Å². The molecule has 0 bridgehead atoms. The van der Waals surface area contributed by atoms with Gasteiger partial charge in [-0.05, 0) is 18.8 Å². The summed E-state index contributed by atoms with van der Waals surface area (Å²) in [5.41, 5.74) is 0. The summed E-state index contributed by atoms with van der Waals surface area (Å²) in [7, 11) is 0. The summed E-state index contributed by atoms with van der Waals surface area (Å²) < 4.78 is 29.4. The Bertz CT molecular complexity index is 398. The zero-order valence-electron chi connectivity index (χ0n) is 11.1. The minimum atomic E-state index is -2.78. The van der Waals surface area contributed by atoms with Crippen LogP contribution in [0.2, 0.25) is 0 Å². The summed E-state index contributed by atoms with van der Waals surface area (Å²) in [4.78, 5) is 4.15. The predicted octanol–water partition coefficient (Wildman–Crippen LogP) is 2.92. The van der Waals surface area contributed by atoms with Gasteiger partial charge in [-0.3, -0.25) is 0 Å². The highest BCUT2D eigenvalue weighted by atomic mass is 19.3. The molecule has 3 atom stereocenters. The van der Waals surface area contributed by atoms with E-state index < -0.39 is 12.5 Å². The van der Waals surface area contributed by atoms with Gasteiger partial charge in [-0.25, -0.2) is 8.78 Å². The number of halogens is 2. The highest BCUT2D eigenvalue weighted by Crippen LogP contribution is 2.36. The Hall–Kier alpha value is -1.04. The Morgan fingerprint density at radius 3 is 2.89 bits per heavy atom. The molecule has 1 fully saturated rings. The summed E-state index contributed by atoms with van der Waals surface area (Å²) in [6, 6.07) is 0. The van der Waals surface area contributed by atoms with Crippen molar-refractivity contribution >= 4 is 0 Å². The maximum Gasteiger partial charge on any atom is 0.264 e. The molecule has 1 aliphatic carbocycles. The monoisotopic (exact) mass is 274 g/mol. The lowest BCUT2D eigenvalue weighted by molar-refractivity contribution is -0.00754. The van der Waals surface area contributed by atoms with Crippen LogP contribution < -0.4 is 0 Å². The standard InChI is InChI=1S/C13H20F2N2O2/c1-2-8-4-3-5-9(6-8)13-16-11(19-17-13)7-10(18)12(14)15/h8-10,12,18H,2-7H2,1H3. The van der Waals surface area contributed by atoms with E-state index in [-0.39, 0.29) is 18.2 Å². The molecular formula is C13H20F2N2O2. The lowest BCUT2D eigenvalue weighted by atomic mass is 9.80. The number of hydrogen-bond acceptors (Lipinski definition) is 4. The largest absolute Gasteiger partial charge is 0.387 e. The molecule has 1 aromatic rings. The first-order chi connectivity index (χ1) is 9.10. The highest BCUT2D eigenvalue weighted by Gasteiger charge is 2.27. The lowest BCUT2D eigenvalue weighted by Gasteiger charge is -2.26. The second-order valence-corrected chi connectivity index (χ2v) is 5.29. The van der Waals surface area contributed by atoms with Gasteiger partial charge in [0, 0.05) is 5.92 Å². The van der Waals surface area contributed by atoms with E-state index in [1.807, 2.05) is 0 Å². The number of nitrogens with zero attached hydrogens (tertiary/aromatic N) is 2. The van der Waals surface area contributed by atoms with Gasteiger partial charge in [-0.1, -0.05) is 31.3 Å². The molecule has 19 heavy (non-hydrogen) atoms. The fraction of sp³-hybridized carbons (Fsp3) is 0.846. The number of aromatic nitrogens is 2. The molecule has 3 unspecified atom stereocenters. The normalized spacial score (nSPS) is 25.7. The summed E-state index contributed by atoms with van der Waals surface area (Å²) in [5, 5.41) is 13.0. The van der Waals surface area contributed by atoms with Crippen LogP contribution in [0.3, 0.4) is 0 Å². The van der Waals surface area contributed by atoms with Crippen LogP contribution in [-0.4, -0.2) is 27.8 Å². The van der Waals surface area contributed by atoms with Crippen molar-refractivity contribution in [2.45, 2.75) is 63.9 Å². The molecule has 1 saturated carbocycles. The van der Waals surface area contributed by atoms with Gasteiger partial charge in [-0.15, -0.1) is 0 Å². The van der Waals surface area contributed by atoms with Gasteiger partial charge in [0.2, 0.25) is 5.89 Å². The molecule has 2 rings (SSSR count). The minimum Gasteiger partial charge on any atom is -0.387 e. The van der Waals surface area contributed by atoms with Crippen molar-refractivity contribution in [2.24, 2.45) is 5.92 Å². The quantitative estimate of drug-likeness (QED) is 0.896. The molecule has 1 N–H and O–H groups in total. The molecular weight excluding hydrogens is 254 g/mol. The van der Waals surface area contributed by atoms with Crippen LogP contribution in [0.15, 0.2) is 4.52 Å². The lowest BCUT2D eigenvalue weighted by Crippen LogP contribution is -2.20. The van der Waals surface area contributed by atoms with E-state index in [9.17, 15) is 8.78 Å². The SMILES string of the molecule is CCC1CCCC(c2noc(CC(O)C(F)F)n2)C1. The molecule has 0 radical (unpaired) electrons. The zero-order chi connectivity index (χ0) is 13.8. The van der Waals surface area contributed by atoms with Crippen LogP contribution in [0.5, 0.6) is 0 Å². The highest BCUT2D eigenvalue weighted by molar-refractivity contribution is 4.98. The molecule has 0 aromatic carbocycles. The summed E-state index contributed by atoms with van der Waals surface area (Å²) in [6.07, 6.45) is 0.784. The van der Waals surface area contributed by atoms with Gasteiger partial charge >= 0.3 is 0 Å². The van der Waals surface area contributed by atoms with Gasteiger partial charge in [-0.2, -0.15) is 4.98 Å². The maximum absolute atomic E-state index is 12.2. The molecule has 108 valence electrons. The molecule has 0 aliphatic heterocycles. The second-order valence-electron chi connectivity index (χ2n) is 5.29. The van der Waals surface area contributed by atoms with Gasteiger partial charge in [0.25, 0.3) is 6.43 Å². The molecule has 0 amide bonds. The number of hydrogen-bond donors (Lipinski definition) is 1. The molecule has 1 heterocycles. The Kier molecular flexibility index (Phi) is 4.85. The number of aliphatic hydroxyl groups is 1.